The van der Waals surface area contributed by atoms with Crippen molar-refractivity contribution < 1.29 is 14.6 Å². The van der Waals surface area contributed by atoms with E-state index in [1.54, 1.807) is 7.05 Å². The third-order valence-corrected chi connectivity index (χ3v) is 1.41. The molecule has 4 heteroatoms. The Morgan fingerprint density at radius 1 is 1.73 bits per heavy atom. The quantitative estimate of drug-likeness (QED) is 0.459. The first-order valence-electron chi connectivity index (χ1n) is 3.59. The number of likely N-dealkylation sites (N-methyl/N-ethyl adjacent to an activating group) is 1. The van der Waals surface area contributed by atoms with Crippen LogP contribution >= 0.6 is 0 Å². The maximum atomic E-state index is 10.7. The molecular weight excluding hydrogens is 146 g/mol. The van der Waals surface area contributed by atoms with Crippen molar-refractivity contribution >= 4 is 5.97 Å². The van der Waals surface area contributed by atoms with E-state index in [4.69, 9.17) is 5.11 Å². The molecule has 0 spiro atoms. The molecule has 66 valence electrons. The molecule has 0 saturated heterocycles. The van der Waals surface area contributed by atoms with Gasteiger partial charge in [0, 0.05) is 6.54 Å². The lowest BCUT2D eigenvalue weighted by atomic mass is 10.4. The smallest absolute Gasteiger partial charge is 0.350 e. The standard InChI is InChI=1S/C7H15NO3/c1-4-5-8(2)6(9)7(10)11-3/h6,9H,4-5H2,1-3H3. The van der Waals surface area contributed by atoms with E-state index in [2.05, 4.69) is 4.74 Å². The van der Waals surface area contributed by atoms with Crippen LogP contribution in [0.2, 0.25) is 0 Å². The van der Waals surface area contributed by atoms with E-state index in [-0.39, 0.29) is 0 Å². The molecule has 0 aliphatic rings. The number of carbonyl (C=O) groups excluding carboxylic acids is 1. The van der Waals surface area contributed by atoms with Crippen molar-refractivity contribution in [3.8, 4) is 0 Å². The molecule has 0 amide bonds. The van der Waals surface area contributed by atoms with Gasteiger partial charge in [-0.05, 0) is 13.5 Å². The lowest BCUT2D eigenvalue weighted by molar-refractivity contribution is -0.160. The Labute approximate surface area is 66.8 Å². The van der Waals surface area contributed by atoms with Crippen molar-refractivity contribution in [3.05, 3.63) is 0 Å². The van der Waals surface area contributed by atoms with Crippen molar-refractivity contribution in [2.75, 3.05) is 20.7 Å². The summed E-state index contributed by atoms with van der Waals surface area (Å²) in [6.45, 7) is 2.65. The normalized spacial score (nSPS) is 13.2. The molecular formula is C7H15NO3. The number of ether oxygens (including phenoxy) is 1. The van der Waals surface area contributed by atoms with Crippen LogP contribution in [0.1, 0.15) is 13.3 Å². The highest BCUT2D eigenvalue weighted by Gasteiger charge is 2.19. The second kappa shape index (κ2) is 5.09. The summed E-state index contributed by atoms with van der Waals surface area (Å²) in [6, 6.07) is 0. The van der Waals surface area contributed by atoms with Crippen LogP contribution in [-0.2, 0) is 9.53 Å². The molecule has 0 aromatic carbocycles. The summed E-state index contributed by atoms with van der Waals surface area (Å²) < 4.78 is 4.35. The molecule has 0 aromatic heterocycles. The second-order valence-electron chi connectivity index (χ2n) is 2.38. The maximum Gasteiger partial charge on any atom is 0.350 e. The van der Waals surface area contributed by atoms with E-state index in [1.807, 2.05) is 6.92 Å². The van der Waals surface area contributed by atoms with Gasteiger partial charge in [-0.15, -0.1) is 0 Å². The van der Waals surface area contributed by atoms with Crippen LogP contribution in [0.3, 0.4) is 0 Å². The van der Waals surface area contributed by atoms with Gasteiger partial charge < -0.3 is 9.84 Å². The van der Waals surface area contributed by atoms with Crippen LogP contribution in [0, 0.1) is 0 Å². The number of aliphatic hydroxyl groups excluding tert-OH is 1. The highest BCUT2D eigenvalue weighted by atomic mass is 16.5. The maximum absolute atomic E-state index is 10.7. The molecule has 0 aromatic rings. The highest BCUT2D eigenvalue weighted by Crippen LogP contribution is 1.95. The number of carbonyl (C=O) groups is 1. The van der Waals surface area contributed by atoms with E-state index in [9.17, 15) is 4.79 Å². The van der Waals surface area contributed by atoms with E-state index >= 15 is 0 Å². The Kier molecular flexibility index (Phi) is 4.81. The van der Waals surface area contributed by atoms with E-state index < -0.39 is 12.2 Å². The summed E-state index contributed by atoms with van der Waals surface area (Å²) in [7, 11) is 2.93. The fourth-order valence-corrected chi connectivity index (χ4v) is 0.760. The van der Waals surface area contributed by atoms with Gasteiger partial charge in [0.25, 0.3) is 0 Å². The van der Waals surface area contributed by atoms with Crippen LogP contribution in [0.5, 0.6) is 0 Å². The molecule has 1 N–H and O–H groups in total. The van der Waals surface area contributed by atoms with E-state index in [0.717, 1.165) is 6.42 Å². The summed E-state index contributed by atoms with van der Waals surface area (Å²) in [4.78, 5) is 12.2. The zero-order chi connectivity index (χ0) is 8.85. The molecule has 0 heterocycles. The zero-order valence-electron chi connectivity index (χ0n) is 7.20. The first kappa shape index (κ1) is 10.4. The van der Waals surface area contributed by atoms with Gasteiger partial charge in [-0.3, -0.25) is 4.90 Å². The molecule has 0 rings (SSSR count). The summed E-state index contributed by atoms with van der Waals surface area (Å²) >= 11 is 0. The van der Waals surface area contributed by atoms with Crippen LogP contribution in [0.4, 0.5) is 0 Å². The Morgan fingerprint density at radius 2 is 2.27 bits per heavy atom. The number of methoxy groups -OCH3 is 1. The van der Waals surface area contributed by atoms with Gasteiger partial charge in [0.2, 0.25) is 6.23 Å². The monoisotopic (exact) mass is 161 g/mol. The zero-order valence-corrected chi connectivity index (χ0v) is 7.20. The van der Waals surface area contributed by atoms with E-state index in [1.165, 1.54) is 12.0 Å². The van der Waals surface area contributed by atoms with Gasteiger partial charge in [0.05, 0.1) is 7.11 Å². The Hall–Kier alpha value is -0.610. The van der Waals surface area contributed by atoms with Gasteiger partial charge in [-0.2, -0.15) is 0 Å². The summed E-state index contributed by atoms with van der Waals surface area (Å²) in [6.07, 6.45) is -0.232. The molecule has 11 heavy (non-hydrogen) atoms. The number of hydrogen-bond acceptors (Lipinski definition) is 4. The topological polar surface area (TPSA) is 49.8 Å². The average molecular weight is 161 g/mol. The largest absolute Gasteiger partial charge is 0.466 e. The number of aliphatic hydroxyl groups is 1. The van der Waals surface area contributed by atoms with Crippen molar-refractivity contribution in [1.29, 1.82) is 0 Å². The van der Waals surface area contributed by atoms with Gasteiger partial charge in [-0.25, -0.2) is 4.79 Å². The molecule has 1 atom stereocenters. The minimum atomic E-state index is -1.13. The van der Waals surface area contributed by atoms with Crippen molar-refractivity contribution in [2.45, 2.75) is 19.6 Å². The summed E-state index contributed by atoms with van der Waals surface area (Å²) in [5.74, 6) is -0.610. The molecule has 0 radical (unpaired) electrons. The Bertz CT molecular complexity index is 127. The molecule has 0 fully saturated rings. The van der Waals surface area contributed by atoms with Crippen molar-refractivity contribution in [1.82, 2.24) is 4.90 Å². The molecule has 0 bridgehead atoms. The van der Waals surface area contributed by atoms with E-state index in [0.29, 0.717) is 6.54 Å². The molecule has 0 saturated carbocycles. The van der Waals surface area contributed by atoms with Gasteiger partial charge in [0.1, 0.15) is 0 Å². The lowest BCUT2D eigenvalue weighted by Crippen LogP contribution is -2.39. The third-order valence-electron chi connectivity index (χ3n) is 1.41. The number of hydrogen-bond donors (Lipinski definition) is 1. The molecule has 1 unspecified atom stereocenters. The first-order chi connectivity index (χ1) is 5.13. The second-order valence-corrected chi connectivity index (χ2v) is 2.38. The predicted octanol–water partition coefficient (Wildman–Crippen LogP) is -0.180. The van der Waals surface area contributed by atoms with Crippen molar-refractivity contribution in [2.24, 2.45) is 0 Å². The van der Waals surface area contributed by atoms with Crippen LogP contribution < -0.4 is 0 Å². The fourth-order valence-electron chi connectivity index (χ4n) is 0.760. The van der Waals surface area contributed by atoms with Crippen LogP contribution in [0.25, 0.3) is 0 Å². The minimum Gasteiger partial charge on any atom is -0.466 e. The summed E-state index contributed by atoms with van der Waals surface area (Å²) in [5.41, 5.74) is 0. The van der Waals surface area contributed by atoms with Crippen molar-refractivity contribution in [3.63, 3.8) is 0 Å². The lowest BCUT2D eigenvalue weighted by Gasteiger charge is -2.19. The molecule has 0 aliphatic heterocycles. The highest BCUT2D eigenvalue weighted by molar-refractivity contribution is 5.73. The first-order valence-corrected chi connectivity index (χ1v) is 3.59. The fraction of sp³-hybridized carbons (Fsp3) is 0.857. The Morgan fingerprint density at radius 3 is 2.64 bits per heavy atom. The predicted molar refractivity (Wildman–Crippen MR) is 40.9 cm³/mol. The number of esters is 1. The summed E-state index contributed by atoms with van der Waals surface area (Å²) in [5, 5.41) is 9.17. The Balaban J connectivity index is 3.80. The average Bonchev–Trinajstić information content (AvgIpc) is 2.02. The van der Waals surface area contributed by atoms with Gasteiger partial charge in [-0.1, -0.05) is 6.92 Å². The molecule has 0 aliphatic carbocycles. The van der Waals surface area contributed by atoms with Gasteiger partial charge in [0.15, 0.2) is 0 Å². The van der Waals surface area contributed by atoms with Crippen LogP contribution in [0.15, 0.2) is 0 Å². The minimum absolute atomic E-state index is 0.610. The van der Waals surface area contributed by atoms with Gasteiger partial charge >= 0.3 is 5.97 Å². The third kappa shape index (κ3) is 3.34. The number of nitrogens with zero attached hydrogens (tertiary/aromatic N) is 1. The SMILES string of the molecule is CCCN(C)C(O)C(=O)OC. The number of rotatable bonds is 4. The molecule has 4 nitrogen and oxygen atoms in total. The van der Waals surface area contributed by atoms with Crippen LogP contribution in [-0.4, -0.2) is 42.9 Å².